The van der Waals surface area contributed by atoms with Gasteiger partial charge in [-0.15, -0.1) is 11.3 Å². The summed E-state index contributed by atoms with van der Waals surface area (Å²) in [5.74, 6) is -1.13. The lowest BCUT2D eigenvalue weighted by molar-refractivity contribution is -0.123. The van der Waals surface area contributed by atoms with Gasteiger partial charge in [0, 0.05) is 11.4 Å². The summed E-state index contributed by atoms with van der Waals surface area (Å²) in [5, 5.41) is 3.70. The van der Waals surface area contributed by atoms with Crippen LogP contribution in [0.1, 0.15) is 27.2 Å². The number of ether oxygens (including phenoxy) is 1. The fourth-order valence-electron chi connectivity index (χ4n) is 3.17. The Morgan fingerprint density at radius 1 is 1.33 bits per heavy atom. The smallest absolute Gasteiger partial charge is 0.341 e. The van der Waals surface area contributed by atoms with Crippen LogP contribution in [0, 0.1) is 11.8 Å². The topological polar surface area (TPSA) is 75.7 Å². The third-order valence-corrected chi connectivity index (χ3v) is 5.58. The van der Waals surface area contributed by atoms with E-state index in [0.29, 0.717) is 30.0 Å². The van der Waals surface area contributed by atoms with E-state index in [4.69, 9.17) is 4.74 Å². The quantitative estimate of drug-likeness (QED) is 0.643. The number of hydrogen-bond donors (Lipinski definition) is 1. The van der Waals surface area contributed by atoms with E-state index in [1.54, 1.807) is 0 Å². The lowest BCUT2D eigenvalue weighted by Crippen LogP contribution is -2.33. The molecule has 1 saturated carbocycles. The monoisotopic (exact) mass is 306 g/mol. The number of nitrogens with one attached hydrogen (secondary N) is 1. The molecule has 2 fully saturated rings. The molecule has 6 nitrogen and oxygen atoms in total. The van der Waals surface area contributed by atoms with Gasteiger partial charge in [0.25, 0.3) is 0 Å². The number of carbonyl (C=O) groups excluding carboxylic acids is 3. The number of amides is 2. The Kier molecular flexibility index (Phi) is 2.71. The third kappa shape index (κ3) is 1.70. The lowest BCUT2D eigenvalue weighted by atomic mass is 10.0. The van der Waals surface area contributed by atoms with Crippen molar-refractivity contribution in [3.8, 4) is 0 Å². The third-order valence-electron chi connectivity index (χ3n) is 4.37. The molecule has 0 spiro atoms. The summed E-state index contributed by atoms with van der Waals surface area (Å²) in [6.45, 7) is 1.44. The number of hydrogen-bond acceptors (Lipinski definition) is 6. The van der Waals surface area contributed by atoms with Gasteiger partial charge in [-0.05, 0) is 24.9 Å². The molecule has 0 radical (unpaired) electrons. The molecule has 2 atom stereocenters. The molecule has 21 heavy (non-hydrogen) atoms. The number of piperidine rings is 1. The van der Waals surface area contributed by atoms with Gasteiger partial charge >= 0.3 is 5.97 Å². The fraction of sp³-hybridized carbons (Fsp3) is 0.500. The normalized spacial score (nSPS) is 26.6. The molecule has 0 bridgehead atoms. The number of imide groups is 1. The molecule has 2 aliphatic heterocycles. The van der Waals surface area contributed by atoms with Crippen LogP contribution in [0.15, 0.2) is 0 Å². The standard InChI is InChI=1S/C14H14N2O4S/c1-20-14(19)10-6-2-3-15-5-9(6)21-13(10)16-11(17)7-4-8(7)12(16)18/h7-8,15H,2-5H2,1H3. The van der Waals surface area contributed by atoms with E-state index in [2.05, 4.69) is 5.32 Å². The number of anilines is 1. The minimum Gasteiger partial charge on any atom is -0.465 e. The zero-order valence-corrected chi connectivity index (χ0v) is 12.3. The molecule has 1 N–H and O–H groups in total. The van der Waals surface area contributed by atoms with E-state index in [-0.39, 0.29) is 23.7 Å². The fourth-order valence-corrected chi connectivity index (χ4v) is 4.49. The first-order valence-corrected chi connectivity index (χ1v) is 7.76. The Bertz CT molecular complexity index is 661. The van der Waals surface area contributed by atoms with Gasteiger partial charge in [0.15, 0.2) is 0 Å². The van der Waals surface area contributed by atoms with Crippen LogP contribution in [0.2, 0.25) is 0 Å². The summed E-state index contributed by atoms with van der Waals surface area (Å²) in [4.78, 5) is 38.9. The molecule has 2 amide bonds. The van der Waals surface area contributed by atoms with E-state index < -0.39 is 5.97 Å². The van der Waals surface area contributed by atoms with Gasteiger partial charge < -0.3 is 10.1 Å². The Morgan fingerprint density at radius 2 is 2.05 bits per heavy atom. The van der Waals surface area contributed by atoms with Crippen LogP contribution < -0.4 is 10.2 Å². The molecular weight excluding hydrogens is 292 g/mol. The maximum Gasteiger partial charge on any atom is 0.341 e. The first-order valence-electron chi connectivity index (χ1n) is 6.95. The highest BCUT2D eigenvalue weighted by Crippen LogP contribution is 2.51. The SMILES string of the molecule is COC(=O)c1c(N2C(=O)C3CC3C2=O)sc2c1CCNC2. The Labute approximate surface area is 125 Å². The van der Waals surface area contributed by atoms with Crippen LogP contribution in [0.3, 0.4) is 0 Å². The molecule has 1 saturated heterocycles. The second kappa shape index (κ2) is 4.38. The summed E-state index contributed by atoms with van der Waals surface area (Å²) < 4.78 is 4.87. The van der Waals surface area contributed by atoms with Crippen LogP contribution in [0.5, 0.6) is 0 Å². The summed E-state index contributed by atoms with van der Waals surface area (Å²) >= 11 is 1.35. The highest BCUT2D eigenvalue weighted by Gasteiger charge is 2.60. The van der Waals surface area contributed by atoms with Crippen LogP contribution >= 0.6 is 11.3 Å². The Hall–Kier alpha value is -1.73. The van der Waals surface area contributed by atoms with Crippen LogP contribution in [-0.2, 0) is 27.3 Å². The number of esters is 1. The number of thiophene rings is 1. The van der Waals surface area contributed by atoms with Gasteiger partial charge in [-0.25, -0.2) is 9.69 Å². The van der Waals surface area contributed by atoms with Crippen molar-refractivity contribution in [1.82, 2.24) is 5.32 Å². The first kappa shape index (κ1) is 13.0. The molecule has 110 valence electrons. The number of methoxy groups -OCH3 is 1. The van der Waals surface area contributed by atoms with Crippen LogP contribution in [0.25, 0.3) is 0 Å². The van der Waals surface area contributed by atoms with Gasteiger partial charge in [0.2, 0.25) is 11.8 Å². The molecular formula is C14H14N2O4S. The number of rotatable bonds is 2. The van der Waals surface area contributed by atoms with Crippen molar-refractivity contribution in [3.05, 3.63) is 16.0 Å². The predicted octanol–water partition coefficient (Wildman–Crippen LogP) is 0.690. The summed E-state index contributed by atoms with van der Waals surface area (Å²) in [5.41, 5.74) is 1.32. The van der Waals surface area contributed by atoms with E-state index in [9.17, 15) is 14.4 Å². The Morgan fingerprint density at radius 3 is 2.71 bits per heavy atom. The van der Waals surface area contributed by atoms with Crippen molar-refractivity contribution in [2.75, 3.05) is 18.6 Å². The highest BCUT2D eigenvalue weighted by molar-refractivity contribution is 7.17. The van der Waals surface area contributed by atoms with Crippen molar-refractivity contribution in [2.24, 2.45) is 11.8 Å². The largest absolute Gasteiger partial charge is 0.465 e. The molecule has 0 aromatic carbocycles. The van der Waals surface area contributed by atoms with Crippen molar-refractivity contribution in [3.63, 3.8) is 0 Å². The van der Waals surface area contributed by atoms with Gasteiger partial charge in [-0.2, -0.15) is 0 Å². The maximum absolute atomic E-state index is 12.3. The molecule has 1 aliphatic carbocycles. The van der Waals surface area contributed by atoms with E-state index in [0.717, 1.165) is 17.0 Å². The number of nitrogens with zero attached hydrogens (tertiary/aromatic N) is 1. The van der Waals surface area contributed by atoms with Crippen molar-refractivity contribution >= 4 is 34.1 Å². The van der Waals surface area contributed by atoms with Crippen LogP contribution in [0.4, 0.5) is 5.00 Å². The average Bonchev–Trinajstić information content (AvgIpc) is 3.15. The van der Waals surface area contributed by atoms with E-state index >= 15 is 0 Å². The molecule has 7 heteroatoms. The summed E-state index contributed by atoms with van der Waals surface area (Å²) in [6, 6.07) is 0. The average molecular weight is 306 g/mol. The molecule has 4 rings (SSSR count). The van der Waals surface area contributed by atoms with E-state index in [1.165, 1.54) is 23.3 Å². The molecule has 1 aromatic heterocycles. The predicted molar refractivity (Wildman–Crippen MR) is 75.2 cm³/mol. The maximum atomic E-state index is 12.3. The van der Waals surface area contributed by atoms with Gasteiger partial charge in [-0.3, -0.25) is 9.59 Å². The van der Waals surface area contributed by atoms with Crippen LogP contribution in [-0.4, -0.2) is 31.4 Å². The highest BCUT2D eigenvalue weighted by atomic mass is 32.1. The molecule has 3 aliphatic rings. The second-order valence-corrected chi connectivity index (χ2v) is 6.65. The zero-order valence-electron chi connectivity index (χ0n) is 11.5. The number of fused-ring (bicyclic) bond motifs is 2. The number of carbonyl (C=O) groups is 3. The molecule has 2 unspecified atom stereocenters. The molecule has 3 heterocycles. The van der Waals surface area contributed by atoms with Gasteiger partial charge in [0.05, 0.1) is 24.5 Å². The first-order chi connectivity index (χ1) is 10.1. The van der Waals surface area contributed by atoms with Gasteiger partial charge in [0.1, 0.15) is 5.00 Å². The zero-order chi connectivity index (χ0) is 14.7. The summed E-state index contributed by atoms with van der Waals surface area (Å²) in [7, 11) is 1.32. The van der Waals surface area contributed by atoms with Crippen molar-refractivity contribution in [1.29, 1.82) is 0 Å². The van der Waals surface area contributed by atoms with Crippen molar-refractivity contribution in [2.45, 2.75) is 19.4 Å². The van der Waals surface area contributed by atoms with Gasteiger partial charge in [-0.1, -0.05) is 0 Å². The minimum absolute atomic E-state index is 0.165. The molecule has 1 aromatic rings. The lowest BCUT2D eigenvalue weighted by Gasteiger charge is -2.16. The second-order valence-electron chi connectivity index (χ2n) is 5.56. The van der Waals surface area contributed by atoms with Crippen molar-refractivity contribution < 1.29 is 19.1 Å². The summed E-state index contributed by atoms with van der Waals surface area (Å²) in [6.07, 6.45) is 1.37. The minimum atomic E-state index is -0.467. The Balaban J connectivity index is 1.85. The van der Waals surface area contributed by atoms with E-state index in [1.807, 2.05) is 0 Å².